The highest BCUT2D eigenvalue weighted by Gasteiger charge is 2.51. The van der Waals surface area contributed by atoms with E-state index in [1.165, 1.54) is 36.4 Å². The van der Waals surface area contributed by atoms with Gasteiger partial charge in [0.2, 0.25) is 5.60 Å². The van der Waals surface area contributed by atoms with Crippen LogP contribution in [0, 0.1) is 11.6 Å². The van der Waals surface area contributed by atoms with Gasteiger partial charge in [-0.3, -0.25) is 4.90 Å². The molecule has 1 fully saturated rings. The monoisotopic (exact) mass is 385 g/mol. The fourth-order valence-electron chi connectivity index (χ4n) is 4.16. The average Bonchev–Trinajstić information content (AvgIpc) is 2.84. The number of benzene rings is 2. The quantitative estimate of drug-likeness (QED) is 0.647. The van der Waals surface area contributed by atoms with Crippen LogP contribution in [0.1, 0.15) is 30.4 Å². The predicted octanol–water partition coefficient (Wildman–Crippen LogP) is 3.49. The summed E-state index contributed by atoms with van der Waals surface area (Å²) in [7, 11) is 1.87. The molecular weight excluding hydrogens is 364 g/mol. The first kappa shape index (κ1) is 18.8. The van der Waals surface area contributed by atoms with Gasteiger partial charge in [-0.2, -0.15) is 0 Å². The lowest BCUT2D eigenvalue weighted by molar-refractivity contribution is -0.187. The Kier molecular flexibility index (Phi) is 4.56. The van der Waals surface area contributed by atoms with Gasteiger partial charge in [-0.05, 0) is 50.2 Å². The summed E-state index contributed by atoms with van der Waals surface area (Å²) < 4.78 is 33.6. The van der Waals surface area contributed by atoms with Crippen molar-refractivity contribution >= 4 is 5.97 Å². The van der Waals surface area contributed by atoms with E-state index < -0.39 is 28.9 Å². The Labute approximate surface area is 162 Å². The highest BCUT2D eigenvalue weighted by atomic mass is 19.1. The van der Waals surface area contributed by atoms with Gasteiger partial charge in [-0.15, -0.1) is 0 Å². The summed E-state index contributed by atoms with van der Waals surface area (Å²) in [5, 5.41) is 11.5. The molecule has 4 nitrogen and oxygen atoms in total. The van der Waals surface area contributed by atoms with Crippen molar-refractivity contribution in [3.8, 4) is 0 Å². The molecule has 2 aliphatic heterocycles. The molecule has 0 spiro atoms. The molecule has 4 rings (SSSR count). The third-order valence-corrected chi connectivity index (χ3v) is 5.82. The highest BCUT2D eigenvalue weighted by Crippen LogP contribution is 2.42. The van der Waals surface area contributed by atoms with Gasteiger partial charge in [0.05, 0.1) is 0 Å². The number of hydrogen-bond donors (Lipinski definition) is 1. The Morgan fingerprint density at radius 3 is 2.36 bits per heavy atom. The standard InChI is InChI=1S/C22H21F2NO3/c1-25-19-9-4-11-21(25,12-10-19)28-20(26)22(27,15-5-2-7-17(23)13-15)16-6-3-8-18(24)14-16/h2-8,11,13-14,19,27H,9-10,12H2,1H3/t19-,21-/m1/s1. The molecule has 1 saturated heterocycles. The number of ether oxygens (including phenoxy) is 1. The SMILES string of the molecule is CN1[C@@H]2CC=C[C@@]1(OC(=O)C(O)(c1cccc(F)c1)c1cccc(F)c1)CC2. The molecule has 0 aromatic heterocycles. The number of esters is 1. The summed E-state index contributed by atoms with van der Waals surface area (Å²) in [4.78, 5) is 15.3. The summed E-state index contributed by atoms with van der Waals surface area (Å²) >= 11 is 0. The van der Waals surface area contributed by atoms with Gasteiger partial charge >= 0.3 is 5.97 Å². The van der Waals surface area contributed by atoms with Crippen LogP contribution in [-0.2, 0) is 15.1 Å². The average molecular weight is 385 g/mol. The molecule has 6 heteroatoms. The van der Waals surface area contributed by atoms with Crippen molar-refractivity contribution in [3.05, 3.63) is 83.4 Å². The van der Waals surface area contributed by atoms with Crippen LogP contribution in [0.4, 0.5) is 8.78 Å². The van der Waals surface area contributed by atoms with Crippen LogP contribution in [0.5, 0.6) is 0 Å². The Morgan fingerprint density at radius 1 is 1.18 bits per heavy atom. The van der Waals surface area contributed by atoms with Gasteiger partial charge in [0.1, 0.15) is 11.6 Å². The lowest BCUT2D eigenvalue weighted by atomic mass is 9.86. The molecular formula is C22H21F2NO3. The van der Waals surface area contributed by atoms with Crippen LogP contribution in [0.3, 0.4) is 0 Å². The molecule has 2 aromatic rings. The van der Waals surface area contributed by atoms with E-state index in [-0.39, 0.29) is 17.2 Å². The van der Waals surface area contributed by atoms with Crippen LogP contribution in [0.15, 0.2) is 60.7 Å². The summed E-state index contributed by atoms with van der Waals surface area (Å²) in [6.45, 7) is 0. The van der Waals surface area contributed by atoms with Crippen LogP contribution in [0.2, 0.25) is 0 Å². The lowest BCUT2D eigenvalue weighted by Crippen LogP contribution is -2.52. The van der Waals surface area contributed by atoms with E-state index in [0.717, 1.165) is 25.0 Å². The number of nitrogens with zero attached hydrogens (tertiary/aromatic N) is 1. The second kappa shape index (κ2) is 6.79. The minimum atomic E-state index is -2.34. The van der Waals surface area contributed by atoms with Gasteiger partial charge in [0.25, 0.3) is 0 Å². The van der Waals surface area contributed by atoms with E-state index in [9.17, 15) is 18.7 Å². The zero-order valence-electron chi connectivity index (χ0n) is 15.4. The number of rotatable bonds is 4. The fraction of sp³-hybridized carbons (Fsp3) is 0.318. The summed E-state index contributed by atoms with van der Waals surface area (Å²) in [6.07, 6.45) is 6.11. The first-order valence-electron chi connectivity index (χ1n) is 9.24. The number of carbonyl (C=O) groups excluding carboxylic acids is 1. The van der Waals surface area contributed by atoms with Crippen LogP contribution in [0.25, 0.3) is 0 Å². The minimum Gasteiger partial charge on any atom is -0.437 e. The van der Waals surface area contributed by atoms with Crippen molar-refractivity contribution in [2.24, 2.45) is 0 Å². The zero-order chi connectivity index (χ0) is 19.9. The summed E-state index contributed by atoms with van der Waals surface area (Å²) in [6, 6.07) is 10.4. The molecule has 2 atom stereocenters. The number of halogens is 2. The first-order chi connectivity index (χ1) is 13.3. The van der Waals surface area contributed by atoms with Gasteiger partial charge in [0.15, 0.2) is 5.72 Å². The van der Waals surface area contributed by atoms with Gasteiger partial charge in [-0.25, -0.2) is 13.6 Å². The molecule has 2 heterocycles. The normalized spacial score (nSPS) is 24.4. The van der Waals surface area contributed by atoms with E-state index in [1.807, 2.05) is 24.1 Å². The molecule has 2 bridgehead atoms. The summed E-state index contributed by atoms with van der Waals surface area (Å²) in [5.74, 6) is -2.20. The van der Waals surface area contributed by atoms with Crippen molar-refractivity contribution in [1.29, 1.82) is 0 Å². The van der Waals surface area contributed by atoms with E-state index in [4.69, 9.17) is 4.74 Å². The van der Waals surface area contributed by atoms with E-state index in [0.29, 0.717) is 6.42 Å². The third-order valence-electron chi connectivity index (χ3n) is 5.82. The topological polar surface area (TPSA) is 49.8 Å². The maximum atomic E-state index is 13.9. The van der Waals surface area contributed by atoms with Crippen LogP contribution >= 0.6 is 0 Å². The lowest BCUT2D eigenvalue weighted by Gasteiger charge is -2.40. The largest absolute Gasteiger partial charge is 0.437 e. The molecule has 0 amide bonds. The Morgan fingerprint density at radius 2 is 1.79 bits per heavy atom. The van der Waals surface area contributed by atoms with Crippen molar-refractivity contribution in [3.63, 3.8) is 0 Å². The van der Waals surface area contributed by atoms with E-state index in [2.05, 4.69) is 0 Å². The molecule has 28 heavy (non-hydrogen) atoms. The highest BCUT2D eigenvalue weighted by molar-refractivity contribution is 5.86. The van der Waals surface area contributed by atoms with Gasteiger partial charge in [0, 0.05) is 23.6 Å². The third kappa shape index (κ3) is 2.93. The Bertz CT molecular complexity index is 899. The Balaban J connectivity index is 1.79. The molecule has 146 valence electrons. The van der Waals surface area contributed by atoms with Gasteiger partial charge < -0.3 is 9.84 Å². The molecule has 0 unspecified atom stereocenters. The maximum absolute atomic E-state index is 13.9. The zero-order valence-corrected chi connectivity index (χ0v) is 15.4. The van der Waals surface area contributed by atoms with Crippen LogP contribution < -0.4 is 0 Å². The number of fused-ring (bicyclic) bond motifs is 2. The number of likely N-dealkylation sites (N-methyl/N-ethyl adjacent to an activating group) is 1. The van der Waals surface area contributed by atoms with Crippen molar-refractivity contribution in [1.82, 2.24) is 4.90 Å². The van der Waals surface area contributed by atoms with Crippen LogP contribution in [-0.4, -0.2) is 34.8 Å². The Hall–Kier alpha value is -2.57. The second-order valence-corrected chi connectivity index (χ2v) is 7.41. The molecule has 2 aromatic carbocycles. The predicted molar refractivity (Wildman–Crippen MR) is 99.2 cm³/mol. The summed E-state index contributed by atoms with van der Waals surface area (Å²) in [5.41, 5.74) is -3.34. The molecule has 0 radical (unpaired) electrons. The van der Waals surface area contributed by atoms with Crippen molar-refractivity contribution < 1.29 is 23.4 Å². The molecule has 1 N–H and O–H groups in total. The second-order valence-electron chi connectivity index (χ2n) is 7.41. The fourth-order valence-corrected chi connectivity index (χ4v) is 4.16. The van der Waals surface area contributed by atoms with E-state index in [1.54, 1.807) is 0 Å². The maximum Gasteiger partial charge on any atom is 0.349 e. The smallest absolute Gasteiger partial charge is 0.349 e. The number of hydrogen-bond acceptors (Lipinski definition) is 4. The minimum absolute atomic E-state index is 0.0171. The van der Waals surface area contributed by atoms with Crippen molar-refractivity contribution in [2.75, 3.05) is 7.05 Å². The molecule has 2 aliphatic rings. The molecule has 0 saturated carbocycles. The number of carbonyl (C=O) groups is 1. The number of aliphatic hydroxyl groups is 1. The molecule has 0 aliphatic carbocycles. The van der Waals surface area contributed by atoms with E-state index >= 15 is 0 Å². The van der Waals surface area contributed by atoms with Crippen molar-refractivity contribution in [2.45, 2.75) is 36.6 Å². The first-order valence-corrected chi connectivity index (χ1v) is 9.24. The van der Waals surface area contributed by atoms with Gasteiger partial charge in [-0.1, -0.05) is 30.3 Å².